The molecule has 1 amide bonds. The molecule has 4 aromatic rings. The summed E-state index contributed by atoms with van der Waals surface area (Å²) in [6.07, 6.45) is 2.32. The number of fused-ring (bicyclic) bond motifs is 2. The predicted molar refractivity (Wildman–Crippen MR) is 132 cm³/mol. The van der Waals surface area contributed by atoms with Crippen LogP contribution in [0, 0.1) is 0 Å². The van der Waals surface area contributed by atoms with Crippen LogP contribution in [0.15, 0.2) is 93.8 Å². The van der Waals surface area contributed by atoms with Crippen LogP contribution in [0.4, 0.5) is 11.4 Å². The summed E-state index contributed by atoms with van der Waals surface area (Å²) in [5.41, 5.74) is 3.09. The van der Waals surface area contributed by atoms with Gasteiger partial charge in [0, 0.05) is 15.7 Å². The van der Waals surface area contributed by atoms with Gasteiger partial charge in [-0.25, -0.2) is 0 Å². The molecule has 7 heteroatoms. The first-order valence-electron chi connectivity index (χ1n) is 11.1. The number of amides is 1. The van der Waals surface area contributed by atoms with Gasteiger partial charge in [-0.2, -0.15) is 0 Å². The maximum Gasteiger partial charge on any atom is 0.242 e. The average Bonchev–Trinajstić information content (AvgIpc) is 3.63. The minimum absolute atomic E-state index is 0.0439. The molecule has 0 radical (unpaired) electrons. The van der Waals surface area contributed by atoms with Gasteiger partial charge >= 0.3 is 0 Å². The lowest BCUT2D eigenvalue weighted by molar-refractivity contribution is -0.115. The number of rotatable bonds is 6. The first kappa shape index (κ1) is 20.6. The zero-order valence-electron chi connectivity index (χ0n) is 17.9. The molecule has 5 nitrogen and oxygen atoms in total. The second-order valence-corrected chi connectivity index (χ2v) is 10.3. The van der Waals surface area contributed by atoms with E-state index in [4.69, 9.17) is 0 Å². The number of aromatic nitrogens is 3. The fourth-order valence-corrected chi connectivity index (χ4v) is 5.98. The maximum atomic E-state index is 13.6. The Morgan fingerprint density at radius 3 is 2.18 bits per heavy atom. The molecule has 0 unspecified atom stereocenters. The summed E-state index contributed by atoms with van der Waals surface area (Å²) in [5.74, 6) is 1.87. The predicted octanol–water partition coefficient (Wildman–Crippen LogP) is 6.13. The number of thioether (sulfide) groups is 1. The molecule has 0 saturated heterocycles. The SMILES string of the molecule is O=C(CSc1nnc(C2CC2)n1Cc1ccccc1)N1c2ccccc2Sc2ccccc21. The van der Waals surface area contributed by atoms with E-state index >= 15 is 0 Å². The third kappa shape index (κ3) is 4.07. The smallest absolute Gasteiger partial charge is 0.242 e. The zero-order valence-corrected chi connectivity index (χ0v) is 19.6. The van der Waals surface area contributed by atoms with Gasteiger partial charge in [-0.1, -0.05) is 78.1 Å². The van der Waals surface area contributed by atoms with Crippen LogP contribution in [0.25, 0.3) is 0 Å². The van der Waals surface area contributed by atoms with E-state index in [9.17, 15) is 4.79 Å². The standard InChI is InChI=1S/C26H22N4OS2/c31-24(30-20-10-4-6-12-22(20)33-23-13-7-5-11-21(23)30)17-32-26-28-27-25(19-14-15-19)29(26)16-18-8-2-1-3-9-18/h1-13,19H,14-17H2. The summed E-state index contributed by atoms with van der Waals surface area (Å²) in [6.45, 7) is 0.724. The number of nitrogens with zero attached hydrogens (tertiary/aromatic N) is 4. The van der Waals surface area contributed by atoms with Crippen LogP contribution in [-0.4, -0.2) is 26.4 Å². The molecule has 6 rings (SSSR count). The van der Waals surface area contributed by atoms with Crippen molar-refractivity contribution >= 4 is 40.8 Å². The van der Waals surface area contributed by atoms with Crippen LogP contribution in [0.2, 0.25) is 0 Å². The van der Waals surface area contributed by atoms with Crippen LogP contribution >= 0.6 is 23.5 Å². The van der Waals surface area contributed by atoms with Gasteiger partial charge in [0.2, 0.25) is 5.91 Å². The highest BCUT2D eigenvalue weighted by Gasteiger charge is 2.32. The fraction of sp³-hybridized carbons (Fsp3) is 0.192. The molecule has 164 valence electrons. The van der Waals surface area contributed by atoms with Gasteiger partial charge < -0.3 is 4.57 Å². The Morgan fingerprint density at radius 1 is 0.879 bits per heavy atom. The van der Waals surface area contributed by atoms with Crippen molar-refractivity contribution in [3.05, 3.63) is 90.3 Å². The number of hydrogen-bond acceptors (Lipinski definition) is 5. The second kappa shape index (κ2) is 8.72. The number of hydrogen-bond donors (Lipinski definition) is 0. The molecule has 1 aliphatic carbocycles. The first-order chi connectivity index (χ1) is 16.3. The van der Waals surface area contributed by atoms with Gasteiger partial charge in [-0.3, -0.25) is 9.69 Å². The highest BCUT2D eigenvalue weighted by Crippen LogP contribution is 2.48. The summed E-state index contributed by atoms with van der Waals surface area (Å²) in [7, 11) is 0. The molecule has 1 aromatic heterocycles. The minimum Gasteiger partial charge on any atom is -0.301 e. The minimum atomic E-state index is 0.0439. The summed E-state index contributed by atoms with van der Waals surface area (Å²) in [6, 6.07) is 26.6. The van der Waals surface area contributed by atoms with Gasteiger partial charge in [0.1, 0.15) is 5.82 Å². The van der Waals surface area contributed by atoms with Gasteiger partial charge in [0.15, 0.2) is 5.16 Å². The van der Waals surface area contributed by atoms with E-state index in [-0.39, 0.29) is 5.91 Å². The molecule has 1 aliphatic heterocycles. The van der Waals surface area contributed by atoms with Crippen LogP contribution in [0.1, 0.15) is 30.1 Å². The van der Waals surface area contributed by atoms with E-state index in [2.05, 4.69) is 51.2 Å². The molecule has 2 heterocycles. The van der Waals surface area contributed by atoms with E-state index < -0.39 is 0 Å². The molecule has 0 bridgehead atoms. The van der Waals surface area contributed by atoms with Gasteiger partial charge in [-0.05, 0) is 42.7 Å². The molecule has 0 spiro atoms. The molecule has 1 saturated carbocycles. The zero-order chi connectivity index (χ0) is 22.2. The molecular formula is C26H22N4OS2. The third-order valence-electron chi connectivity index (χ3n) is 5.88. The topological polar surface area (TPSA) is 51.0 Å². The normalized spacial score (nSPS) is 14.6. The van der Waals surface area contributed by atoms with Crippen molar-refractivity contribution < 1.29 is 4.79 Å². The maximum absolute atomic E-state index is 13.6. The van der Waals surface area contributed by atoms with Crippen molar-refractivity contribution in [1.29, 1.82) is 0 Å². The van der Waals surface area contributed by atoms with Crippen LogP contribution in [0.5, 0.6) is 0 Å². The van der Waals surface area contributed by atoms with E-state index in [1.54, 1.807) is 11.8 Å². The first-order valence-corrected chi connectivity index (χ1v) is 12.9. The average molecular weight is 471 g/mol. The molecule has 2 aliphatic rings. The summed E-state index contributed by atoms with van der Waals surface area (Å²) >= 11 is 3.18. The Morgan fingerprint density at radius 2 is 1.52 bits per heavy atom. The monoisotopic (exact) mass is 470 g/mol. The van der Waals surface area contributed by atoms with Gasteiger partial charge in [0.05, 0.1) is 23.7 Å². The van der Waals surface area contributed by atoms with E-state index in [1.165, 1.54) is 17.3 Å². The Balaban J connectivity index is 1.27. The van der Waals surface area contributed by atoms with E-state index in [1.807, 2.05) is 47.4 Å². The van der Waals surface area contributed by atoms with Crippen molar-refractivity contribution in [2.24, 2.45) is 0 Å². The van der Waals surface area contributed by atoms with Crippen molar-refractivity contribution in [3.63, 3.8) is 0 Å². The second-order valence-electron chi connectivity index (χ2n) is 8.24. The summed E-state index contributed by atoms with van der Waals surface area (Å²) in [5, 5.41) is 9.79. The Labute approximate surface area is 201 Å². The Bertz CT molecular complexity index is 1270. The van der Waals surface area contributed by atoms with Crippen molar-refractivity contribution in [2.45, 2.75) is 40.3 Å². The molecule has 0 atom stereocenters. The number of carbonyl (C=O) groups is 1. The summed E-state index contributed by atoms with van der Waals surface area (Å²) in [4.78, 5) is 17.6. The number of benzene rings is 3. The van der Waals surface area contributed by atoms with Crippen LogP contribution in [-0.2, 0) is 11.3 Å². The van der Waals surface area contributed by atoms with Crippen molar-refractivity contribution in [3.8, 4) is 0 Å². The van der Waals surface area contributed by atoms with Crippen LogP contribution in [0.3, 0.4) is 0 Å². The van der Waals surface area contributed by atoms with Crippen LogP contribution < -0.4 is 4.90 Å². The third-order valence-corrected chi connectivity index (χ3v) is 7.96. The Kier molecular flexibility index (Phi) is 5.44. The highest BCUT2D eigenvalue weighted by molar-refractivity contribution is 8.00. The number of anilines is 2. The van der Waals surface area contributed by atoms with E-state index in [0.29, 0.717) is 11.7 Å². The highest BCUT2D eigenvalue weighted by atomic mass is 32.2. The van der Waals surface area contributed by atoms with Crippen molar-refractivity contribution in [2.75, 3.05) is 10.7 Å². The lowest BCUT2D eigenvalue weighted by Gasteiger charge is -2.30. The molecule has 33 heavy (non-hydrogen) atoms. The quantitative estimate of drug-likeness (QED) is 0.318. The fourth-order valence-electron chi connectivity index (χ4n) is 4.13. The number of para-hydroxylation sites is 2. The summed E-state index contributed by atoms with van der Waals surface area (Å²) < 4.78 is 2.19. The molecule has 1 fully saturated rings. The van der Waals surface area contributed by atoms with E-state index in [0.717, 1.165) is 51.5 Å². The molecular weight excluding hydrogens is 448 g/mol. The Hall–Kier alpha value is -3.03. The number of carbonyl (C=O) groups excluding carboxylic acids is 1. The molecule has 3 aromatic carbocycles. The van der Waals surface area contributed by atoms with Crippen molar-refractivity contribution in [1.82, 2.24) is 14.8 Å². The lowest BCUT2D eigenvalue weighted by atomic mass is 10.2. The molecule has 0 N–H and O–H groups in total. The largest absolute Gasteiger partial charge is 0.301 e. The van der Waals surface area contributed by atoms with Gasteiger partial charge in [-0.15, -0.1) is 10.2 Å². The van der Waals surface area contributed by atoms with Gasteiger partial charge in [0.25, 0.3) is 0 Å². The lowest BCUT2D eigenvalue weighted by Crippen LogP contribution is -2.30.